The molecular weight excluding hydrogens is 422 g/mol. The van der Waals surface area contributed by atoms with Crippen molar-refractivity contribution in [2.75, 3.05) is 13.3 Å². The topological polar surface area (TPSA) is 100 Å². The van der Waals surface area contributed by atoms with Crippen LogP contribution in [0, 0.1) is 0 Å². The molecule has 5 rings (SSSR count). The maximum absolute atomic E-state index is 12.8. The summed E-state index contributed by atoms with van der Waals surface area (Å²) in [5, 5.41) is 7.53. The number of nitrogens with zero attached hydrogens (tertiary/aromatic N) is 4. The van der Waals surface area contributed by atoms with Crippen LogP contribution in [0.25, 0.3) is 17.1 Å². The van der Waals surface area contributed by atoms with Crippen molar-refractivity contribution >= 4 is 23.0 Å². The number of hydrogen-bond acceptors (Lipinski definition) is 6. The zero-order chi connectivity index (χ0) is 22.6. The molecule has 0 spiro atoms. The number of ether oxygens (including phenoxy) is 2. The molecule has 9 nitrogen and oxygen atoms in total. The molecule has 0 saturated carbocycles. The van der Waals surface area contributed by atoms with Gasteiger partial charge in [0.15, 0.2) is 17.1 Å². The summed E-state index contributed by atoms with van der Waals surface area (Å²) < 4.78 is 13.8. The zero-order valence-electron chi connectivity index (χ0n) is 17.7. The maximum Gasteiger partial charge on any atom is 0.264 e. The Hall–Kier alpha value is -4.40. The summed E-state index contributed by atoms with van der Waals surface area (Å²) in [6.07, 6.45) is 6.21. The molecule has 3 heterocycles. The van der Waals surface area contributed by atoms with Gasteiger partial charge in [-0.05, 0) is 29.3 Å². The van der Waals surface area contributed by atoms with E-state index in [4.69, 9.17) is 9.47 Å². The molecule has 1 amide bonds. The van der Waals surface area contributed by atoms with Crippen LogP contribution in [0.15, 0.2) is 71.9 Å². The number of carbonyl (C=O) groups excluding carboxylic acids is 1. The first-order chi connectivity index (χ1) is 16.2. The predicted molar refractivity (Wildman–Crippen MR) is 122 cm³/mol. The average Bonchev–Trinajstić information content (AvgIpc) is 3.47. The first kappa shape index (κ1) is 20.5. The highest BCUT2D eigenvalue weighted by molar-refractivity contribution is 5.91. The second-order valence-electron chi connectivity index (χ2n) is 7.51. The van der Waals surface area contributed by atoms with E-state index in [1.807, 2.05) is 48.5 Å². The number of fused-ring (bicyclic) bond motifs is 2. The third-order valence-electron chi connectivity index (χ3n) is 5.26. The summed E-state index contributed by atoms with van der Waals surface area (Å²) >= 11 is 0. The molecule has 0 aliphatic carbocycles. The van der Waals surface area contributed by atoms with Crippen LogP contribution in [-0.4, -0.2) is 38.6 Å². The van der Waals surface area contributed by atoms with Gasteiger partial charge in [0.1, 0.15) is 11.7 Å². The molecule has 1 N–H and O–H groups in total. The highest BCUT2D eigenvalue weighted by Gasteiger charge is 2.13. The Morgan fingerprint density at radius 2 is 1.97 bits per heavy atom. The normalized spacial score (nSPS) is 12.5. The van der Waals surface area contributed by atoms with Gasteiger partial charge in [0, 0.05) is 12.6 Å². The average molecular weight is 443 g/mol. The number of nitrogens with one attached hydrogen (secondary N) is 1. The first-order valence-corrected chi connectivity index (χ1v) is 10.5. The Balaban J connectivity index is 1.19. The second-order valence-corrected chi connectivity index (χ2v) is 7.51. The van der Waals surface area contributed by atoms with Crippen molar-refractivity contribution in [2.45, 2.75) is 13.1 Å². The number of benzene rings is 2. The Labute approximate surface area is 188 Å². The van der Waals surface area contributed by atoms with Crippen molar-refractivity contribution in [3.63, 3.8) is 0 Å². The molecular formula is C24H21N5O4. The van der Waals surface area contributed by atoms with E-state index in [-0.39, 0.29) is 18.3 Å². The molecule has 0 radical (unpaired) electrons. The predicted octanol–water partition coefficient (Wildman–Crippen LogP) is 2.20. The highest BCUT2D eigenvalue weighted by Crippen LogP contribution is 2.32. The zero-order valence-corrected chi connectivity index (χ0v) is 17.7. The van der Waals surface area contributed by atoms with E-state index in [9.17, 15) is 9.59 Å². The molecule has 4 aromatic rings. The molecule has 2 aromatic carbocycles. The van der Waals surface area contributed by atoms with Gasteiger partial charge in [0.25, 0.3) is 5.56 Å². The van der Waals surface area contributed by atoms with E-state index in [2.05, 4.69) is 15.4 Å². The summed E-state index contributed by atoms with van der Waals surface area (Å²) in [6, 6.07) is 15.2. The van der Waals surface area contributed by atoms with E-state index in [1.165, 1.54) is 18.6 Å². The van der Waals surface area contributed by atoms with Gasteiger partial charge in [-0.15, -0.1) is 0 Å². The molecule has 33 heavy (non-hydrogen) atoms. The molecule has 0 fully saturated rings. The van der Waals surface area contributed by atoms with E-state index in [1.54, 1.807) is 15.3 Å². The molecule has 2 aromatic heterocycles. The van der Waals surface area contributed by atoms with E-state index >= 15 is 0 Å². The van der Waals surface area contributed by atoms with Gasteiger partial charge in [0.2, 0.25) is 12.7 Å². The van der Waals surface area contributed by atoms with E-state index in [0.717, 1.165) is 11.1 Å². The molecule has 1 aliphatic rings. The summed E-state index contributed by atoms with van der Waals surface area (Å²) in [6.45, 7) is 1.39. The van der Waals surface area contributed by atoms with Crippen LogP contribution in [0.3, 0.4) is 0 Å². The molecule has 1 aliphatic heterocycles. The number of amides is 1. The van der Waals surface area contributed by atoms with Crippen molar-refractivity contribution < 1.29 is 14.3 Å². The molecule has 166 valence electrons. The summed E-state index contributed by atoms with van der Waals surface area (Å²) in [5.74, 6) is 1.13. The van der Waals surface area contributed by atoms with Crippen LogP contribution in [0.5, 0.6) is 11.5 Å². The van der Waals surface area contributed by atoms with Gasteiger partial charge in [-0.3, -0.25) is 14.2 Å². The monoisotopic (exact) mass is 443 g/mol. The van der Waals surface area contributed by atoms with Crippen LogP contribution in [0.2, 0.25) is 0 Å². The van der Waals surface area contributed by atoms with Gasteiger partial charge in [0.05, 0.1) is 19.3 Å². The van der Waals surface area contributed by atoms with Crippen LogP contribution >= 0.6 is 0 Å². The maximum atomic E-state index is 12.8. The van der Waals surface area contributed by atoms with Crippen LogP contribution < -0.4 is 20.3 Å². The largest absolute Gasteiger partial charge is 0.454 e. The highest BCUT2D eigenvalue weighted by atomic mass is 16.7. The number of aromatic nitrogens is 4. The number of hydrogen-bond donors (Lipinski definition) is 1. The van der Waals surface area contributed by atoms with Crippen molar-refractivity contribution in [1.29, 1.82) is 0 Å². The minimum Gasteiger partial charge on any atom is -0.454 e. The van der Waals surface area contributed by atoms with Gasteiger partial charge >= 0.3 is 0 Å². The minimum atomic E-state index is -0.234. The summed E-state index contributed by atoms with van der Waals surface area (Å²) in [5.41, 5.74) is 2.20. The van der Waals surface area contributed by atoms with Crippen molar-refractivity contribution in [3.05, 3.63) is 88.6 Å². The first-order valence-electron chi connectivity index (χ1n) is 10.5. The fourth-order valence-electron chi connectivity index (χ4n) is 3.59. The molecule has 0 atom stereocenters. The third-order valence-corrected chi connectivity index (χ3v) is 5.26. The van der Waals surface area contributed by atoms with Gasteiger partial charge in [-0.25, -0.2) is 9.67 Å². The SMILES string of the molecule is O=C(/C=C/c1ccc2c(c1)OCO2)NCCn1ncc2c(=O)n(Cc3ccccc3)cnc21. The van der Waals surface area contributed by atoms with Crippen LogP contribution in [0.4, 0.5) is 0 Å². The summed E-state index contributed by atoms with van der Waals surface area (Å²) in [7, 11) is 0. The quantitative estimate of drug-likeness (QED) is 0.440. The van der Waals surface area contributed by atoms with Crippen molar-refractivity contribution in [2.24, 2.45) is 0 Å². The van der Waals surface area contributed by atoms with Gasteiger partial charge in [-0.2, -0.15) is 5.10 Å². The Morgan fingerprint density at radius 1 is 1.12 bits per heavy atom. The Kier molecular flexibility index (Phi) is 5.59. The van der Waals surface area contributed by atoms with Crippen molar-refractivity contribution in [3.8, 4) is 11.5 Å². The molecule has 0 bridgehead atoms. The Bertz CT molecular complexity index is 1390. The van der Waals surface area contributed by atoms with Gasteiger partial charge < -0.3 is 14.8 Å². The summed E-state index contributed by atoms with van der Waals surface area (Å²) in [4.78, 5) is 29.4. The number of carbonyl (C=O) groups is 1. The molecule has 0 saturated heterocycles. The molecule has 0 unspecified atom stereocenters. The standard InChI is InChI=1S/C24H21N5O4/c30-22(9-7-17-6-8-20-21(12-17)33-16-32-20)25-10-11-29-23-19(13-27-29)24(31)28(15-26-23)14-18-4-2-1-3-5-18/h1-9,12-13,15H,10-11,14,16H2,(H,25,30)/b9-7+. The fraction of sp³-hybridized carbons (Fsp3) is 0.167. The molecule has 9 heteroatoms. The smallest absolute Gasteiger partial charge is 0.264 e. The van der Waals surface area contributed by atoms with Crippen molar-refractivity contribution in [1.82, 2.24) is 24.6 Å². The third kappa shape index (κ3) is 4.47. The van der Waals surface area contributed by atoms with Crippen LogP contribution in [-0.2, 0) is 17.9 Å². The minimum absolute atomic E-state index is 0.147. The number of rotatable bonds is 7. The lowest BCUT2D eigenvalue weighted by atomic mass is 10.2. The second kappa shape index (κ2) is 8.99. The van der Waals surface area contributed by atoms with Crippen LogP contribution in [0.1, 0.15) is 11.1 Å². The lowest BCUT2D eigenvalue weighted by Gasteiger charge is -2.07. The Morgan fingerprint density at radius 3 is 2.85 bits per heavy atom. The van der Waals surface area contributed by atoms with E-state index < -0.39 is 0 Å². The lowest BCUT2D eigenvalue weighted by Crippen LogP contribution is -2.26. The lowest BCUT2D eigenvalue weighted by molar-refractivity contribution is -0.116. The van der Waals surface area contributed by atoms with E-state index in [0.29, 0.717) is 42.2 Å². The van der Waals surface area contributed by atoms with Gasteiger partial charge in [-0.1, -0.05) is 36.4 Å². The fourth-order valence-corrected chi connectivity index (χ4v) is 3.59.